The molecule has 7 heteroatoms. The van der Waals surface area contributed by atoms with Gasteiger partial charge >= 0.3 is 11.9 Å². The van der Waals surface area contributed by atoms with Gasteiger partial charge in [-0.25, -0.2) is 8.42 Å². The third kappa shape index (κ3) is 6.92. The van der Waals surface area contributed by atoms with Crippen LogP contribution in [0.2, 0.25) is 0 Å². The largest absolute Gasteiger partial charge is 0.469 e. The maximum absolute atomic E-state index is 13.5. The number of hydrogen-bond acceptors (Lipinski definition) is 6. The van der Waals surface area contributed by atoms with Crippen LogP contribution < -0.4 is 4.74 Å². The zero-order chi connectivity index (χ0) is 22.9. The van der Waals surface area contributed by atoms with E-state index in [9.17, 15) is 18.0 Å². The molecule has 2 rings (SSSR count). The number of hydrogen-bond donors (Lipinski definition) is 0. The normalized spacial score (nSPS) is 13.4. The van der Waals surface area contributed by atoms with Crippen LogP contribution in [0.25, 0.3) is 0 Å². The lowest BCUT2D eigenvalue weighted by Gasteiger charge is -2.28. The monoisotopic (exact) mass is 446 g/mol. The average Bonchev–Trinajstić information content (AvgIpc) is 2.76. The van der Waals surface area contributed by atoms with Gasteiger partial charge in [-0.1, -0.05) is 56.7 Å². The van der Waals surface area contributed by atoms with Crippen LogP contribution in [-0.4, -0.2) is 32.7 Å². The van der Waals surface area contributed by atoms with Crippen molar-refractivity contribution in [1.29, 1.82) is 0 Å². The van der Waals surface area contributed by atoms with Crippen molar-refractivity contribution in [3.8, 4) is 5.75 Å². The molecule has 6 nitrogen and oxygen atoms in total. The Morgan fingerprint density at radius 2 is 1.48 bits per heavy atom. The van der Waals surface area contributed by atoms with Gasteiger partial charge < -0.3 is 9.47 Å². The van der Waals surface area contributed by atoms with E-state index in [0.717, 1.165) is 0 Å². The Balaban J connectivity index is 2.32. The van der Waals surface area contributed by atoms with Gasteiger partial charge in [-0.15, -0.1) is 0 Å². The number of ether oxygens (including phenoxy) is 2. The van der Waals surface area contributed by atoms with Crippen LogP contribution >= 0.6 is 0 Å². The van der Waals surface area contributed by atoms with Gasteiger partial charge in [-0.05, 0) is 43.0 Å². The topological polar surface area (TPSA) is 86.7 Å². The Morgan fingerprint density at radius 1 is 0.903 bits per heavy atom. The fourth-order valence-corrected chi connectivity index (χ4v) is 5.89. The molecule has 31 heavy (non-hydrogen) atoms. The molecular formula is C24H30O6S. The molecule has 0 bridgehead atoms. The smallest absolute Gasteiger partial charge is 0.315 e. The molecule has 0 aliphatic carbocycles. The van der Waals surface area contributed by atoms with E-state index in [1.807, 2.05) is 0 Å². The minimum atomic E-state index is -3.79. The molecule has 0 spiro atoms. The molecule has 0 fully saturated rings. The number of rotatable bonds is 11. The van der Waals surface area contributed by atoms with Crippen LogP contribution in [0.1, 0.15) is 39.5 Å². The summed E-state index contributed by atoms with van der Waals surface area (Å²) in [6.45, 7) is 3.59. The quantitative estimate of drug-likeness (QED) is 0.288. The fraction of sp³-hybridized carbons (Fsp3) is 0.417. The molecule has 0 aromatic heterocycles. The Bertz CT molecular complexity index is 939. The lowest BCUT2D eigenvalue weighted by molar-refractivity contribution is -0.140. The first-order valence-electron chi connectivity index (χ1n) is 10.4. The van der Waals surface area contributed by atoms with E-state index in [-0.39, 0.29) is 29.6 Å². The number of carbonyl (C=O) groups excluding carboxylic acids is 2. The lowest BCUT2D eigenvalue weighted by atomic mass is 9.91. The van der Waals surface area contributed by atoms with E-state index in [1.54, 1.807) is 74.5 Å². The maximum atomic E-state index is 13.5. The first-order valence-corrected chi connectivity index (χ1v) is 11.9. The number of benzene rings is 2. The summed E-state index contributed by atoms with van der Waals surface area (Å²) in [5.41, 5.74) is 0. The Labute approximate surface area is 184 Å². The van der Waals surface area contributed by atoms with Crippen molar-refractivity contribution in [2.24, 2.45) is 11.8 Å². The molecule has 0 radical (unpaired) electrons. The van der Waals surface area contributed by atoms with Gasteiger partial charge in [-0.2, -0.15) is 0 Å². The van der Waals surface area contributed by atoms with Crippen molar-refractivity contribution in [2.45, 2.75) is 49.7 Å². The van der Waals surface area contributed by atoms with Crippen LogP contribution in [0.4, 0.5) is 0 Å². The number of methoxy groups -OCH3 is 1. The van der Waals surface area contributed by atoms with Gasteiger partial charge in [0.15, 0.2) is 9.84 Å². The second-order valence-corrected chi connectivity index (χ2v) is 9.84. The molecule has 2 atom stereocenters. The van der Waals surface area contributed by atoms with Gasteiger partial charge in [0.2, 0.25) is 0 Å². The second-order valence-electron chi connectivity index (χ2n) is 7.73. The Morgan fingerprint density at radius 3 is 2.03 bits per heavy atom. The van der Waals surface area contributed by atoms with Gasteiger partial charge in [-0.3, -0.25) is 9.59 Å². The highest BCUT2D eigenvalue weighted by molar-refractivity contribution is 7.92. The first kappa shape index (κ1) is 24.6. The minimum Gasteiger partial charge on any atom is -0.469 e. The molecule has 0 saturated heterocycles. The van der Waals surface area contributed by atoms with Crippen molar-refractivity contribution >= 4 is 21.8 Å². The van der Waals surface area contributed by atoms with Gasteiger partial charge in [0.25, 0.3) is 0 Å². The van der Waals surface area contributed by atoms with Crippen LogP contribution in [0.15, 0.2) is 65.6 Å². The molecule has 0 aliphatic heterocycles. The number of carbonyl (C=O) groups is 2. The molecule has 0 N–H and O–H groups in total. The zero-order valence-electron chi connectivity index (χ0n) is 18.2. The first-order chi connectivity index (χ1) is 14.8. The van der Waals surface area contributed by atoms with Crippen LogP contribution in [0.5, 0.6) is 5.75 Å². The van der Waals surface area contributed by atoms with Gasteiger partial charge in [0.05, 0.1) is 23.2 Å². The van der Waals surface area contributed by atoms with Crippen LogP contribution in [-0.2, 0) is 24.2 Å². The Hall–Kier alpha value is -2.67. The third-order valence-electron chi connectivity index (χ3n) is 5.12. The van der Waals surface area contributed by atoms with Crippen molar-refractivity contribution in [1.82, 2.24) is 0 Å². The molecule has 168 valence electrons. The predicted octanol–water partition coefficient (Wildman–Crippen LogP) is 4.44. The summed E-state index contributed by atoms with van der Waals surface area (Å²) in [6, 6.07) is 16.8. The molecule has 2 aromatic carbocycles. The van der Waals surface area contributed by atoms with E-state index in [2.05, 4.69) is 4.74 Å². The van der Waals surface area contributed by atoms with Crippen molar-refractivity contribution < 1.29 is 27.5 Å². The summed E-state index contributed by atoms with van der Waals surface area (Å²) in [5, 5.41) is -0.954. The zero-order valence-corrected chi connectivity index (χ0v) is 19.0. The molecule has 0 heterocycles. The maximum Gasteiger partial charge on any atom is 0.315 e. The van der Waals surface area contributed by atoms with E-state index >= 15 is 0 Å². The van der Waals surface area contributed by atoms with Crippen LogP contribution in [0, 0.1) is 11.8 Å². The summed E-state index contributed by atoms with van der Waals surface area (Å²) in [4.78, 5) is 24.7. The Kier molecular flexibility index (Phi) is 9.24. The fourth-order valence-electron chi connectivity index (χ4n) is 3.64. The number of sulfone groups is 1. The van der Waals surface area contributed by atoms with Crippen molar-refractivity contribution in [3.63, 3.8) is 0 Å². The highest BCUT2D eigenvalue weighted by Crippen LogP contribution is 2.32. The van der Waals surface area contributed by atoms with Crippen LogP contribution in [0.3, 0.4) is 0 Å². The molecule has 0 aliphatic rings. The lowest BCUT2D eigenvalue weighted by Crippen LogP contribution is -2.41. The molecule has 0 unspecified atom stereocenters. The highest BCUT2D eigenvalue weighted by Gasteiger charge is 2.41. The van der Waals surface area contributed by atoms with E-state index in [0.29, 0.717) is 18.6 Å². The predicted molar refractivity (Wildman–Crippen MR) is 118 cm³/mol. The minimum absolute atomic E-state index is 0.181. The summed E-state index contributed by atoms with van der Waals surface area (Å²) >= 11 is 0. The van der Waals surface area contributed by atoms with Crippen molar-refractivity contribution in [2.75, 3.05) is 7.11 Å². The highest BCUT2D eigenvalue weighted by atomic mass is 32.2. The van der Waals surface area contributed by atoms with Gasteiger partial charge in [0.1, 0.15) is 5.75 Å². The van der Waals surface area contributed by atoms with Gasteiger partial charge in [0, 0.05) is 6.42 Å². The van der Waals surface area contributed by atoms with E-state index < -0.39 is 27.0 Å². The van der Waals surface area contributed by atoms with E-state index in [4.69, 9.17) is 4.74 Å². The number of esters is 2. The summed E-state index contributed by atoms with van der Waals surface area (Å²) < 4.78 is 37.2. The standard InChI is InChI=1S/C24H30O6S/c1-18(2)23(31(27,28)20-14-8-5-9-15-20)21(16-10-11-17-22(25)29-3)24(26)30-19-12-6-4-7-13-19/h4-9,12-15,18,21,23H,10-11,16-17H2,1-3H3/t21-,23+/m0/s1. The second kappa shape index (κ2) is 11.6. The summed E-state index contributed by atoms with van der Waals surface area (Å²) in [5.74, 6) is -1.74. The third-order valence-corrected chi connectivity index (χ3v) is 7.64. The number of unbranched alkanes of at least 4 members (excludes halogenated alkanes) is 1. The molecule has 0 amide bonds. The number of para-hydroxylation sites is 1. The SMILES string of the molecule is COC(=O)CCCC[C@H](C(=O)Oc1ccccc1)[C@@H](C(C)C)S(=O)(=O)c1ccccc1. The average molecular weight is 447 g/mol. The van der Waals surface area contributed by atoms with Crippen molar-refractivity contribution in [3.05, 3.63) is 60.7 Å². The summed E-state index contributed by atoms with van der Waals surface area (Å²) in [7, 11) is -2.46. The van der Waals surface area contributed by atoms with E-state index in [1.165, 1.54) is 7.11 Å². The molecule has 0 saturated carbocycles. The molecule has 2 aromatic rings. The molecular weight excluding hydrogens is 416 g/mol. The summed E-state index contributed by atoms with van der Waals surface area (Å²) in [6.07, 6.45) is 1.50.